The van der Waals surface area contributed by atoms with Crippen molar-refractivity contribution in [2.75, 3.05) is 0 Å². The summed E-state index contributed by atoms with van der Waals surface area (Å²) in [5.74, 6) is -1.17. The Morgan fingerprint density at radius 1 is 1.31 bits per heavy atom. The fourth-order valence-corrected chi connectivity index (χ4v) is 3.70. The number of unbranched alkanes of at least 4 members (excludes halogenated alkanes) is 1. The summed E-state index contributed by atoms with van der Waals surface area (Å²) < 4.78 is 0. The van der Waals surface area contributed by atoms with E-state index in [1.807, 2.05) is 36.4 Å². The number of H-pyrrole nitrogens is 1. The molecule has 7 nitrogen and oxygen atoms in total. The molecule has 7 heteroatoms. The van der Waals surface area contributed by atoms with Gasteiger partial charge in [0.1, 0.15) is 17.7 Å². The lowest BCUT2D eigenvalue weighted by Gasteiger charge is -2.16. The zero-order chi connectivity index (χ0) is 20.8. The molecule has 0 saturated heterocycles. The number of aromatic amines is 1. The van der Waals surface area contributed by atoms with Crippen molar-refractivity contribution in [3.8, 4) is 0 Å². The fraction of sp³-hybridized carbons (Fsp3) is 0.409. The highest BCUT2D eigenvalue weighted by molar-refractivity contribution is 5.86. The Morgan fingerprint density at radius 3 is 2.86 bits per heavy atom. The lowest BCUT2D eigenvalue weighted by molar-refractivity contribution is -0.137. The third-order valence-corrected chi connectivity index (χ3v) is 5.26. The first-order valence-electron chi connectivity index (χ1n) is 9.84. The minimum absolute atomic E-state index is 0.0465. The zero-order valence-electron chi connectivity index (χ0n) is 16.1. The van der Waals surface area contributed by atoms with E-state index in [-0.39, 0.29) is 24.5 Å². The molecule has 0 aliphatic heterocycles. The first kappa shape index (κ1) is 21.0. The predicted molar refractivity (Wildman–Crippen MR) is 108 cm³/mol. The molecule has 0 amide bonds. The molecule has 0 radical (unpaired) electrons. The normalized spacial score (nSPS) is 23.5. The first-order valence-corrected chi connectivity index (χ1v) is 9.84. The van der Waals surface area contributed by atoms with Gasteiger partial charge in [-0.25, -0.2) is 4.98 Å². The van der Waals surface area contributed by atoms with Gasteiger partial charge in [0, 0.05) is 24.7 Å². The van der Waals surface area contributed by atoms with Crippen LogP contribution in [0.25, 0.3) is 11.0 Å². The van der Waals surface area contributed by atoms with Gasteiger partial charge in [-0.1, -0.05) is 36.4 Å². The third-order valence-electron chi connectivity index (χ3n) is 5.26. The standard InChI is InChI=1S/C22H26N2O5/c25-18(22-23-16-8-5-6-9-17(16)24-22)12-11-15-14(19(26)13-20(15)27)7-3-1-2-4-10-21(28)29/h1,3,5-6,8-9,11-12,14-15,18-19,25-26H,2,4,7,10,13H2,(H,23,24)(H,28,29)/t14-,15-,18?,19+/m1/s1. The van der Waals surface area contributed by atoms with Crippen LogP contribution in [0.3, 0.4) is 0 Å². The maximum absolute atomic E-state index is 12.3. The average Bonchev–Trinajstić information content (AvgIpc) is 3.23. The number of aliphatic carboxylic acids is 1. The van der Waals surface area contributed by atoms with Crippen molar-refractivity contribution in [3.63, 3.8) is 0 Å². The number of allylic oxidation sites excluding steroid dienone is 3. The van der Waals surface area contributed by atoms with E-state index in [0.29, 0.717) is 25.1 Å². The van der Waals surface area contributed by atoms with Gasteiger partial charge >= 0.3 is 5.97 Å². The molecule has 0 spiro atoms. The van der Waals surface area contributed by atoms with Crippen LogP contribution < -0.4 is 0 Å². The van der Waals surface area contributed by atoms with Crippen molar-refractivity contribution in [2.45, 2.75) is 44.3 Å². The monoisotopic (exact) mass is 398 g/mol. The summed E-state index contributed by atoms with van der Waals surface area (Å²) in [6.45, 7) is 0. The van der Waals surface area contributed by atoms with Gasteiger partial charge in [-0.15, -0.1) is 0 Å². The van der Waals surface area contributed by atoms with E-state index in [1.54, 1.807) is 12.2 Å². The molecule has 4 atom stereocenters. The summed E-state index contributed by atoms with van der Waals surface area (Å²) in [4.78, 5) is 30.2. The summed E-state index contributed by atoms with van der Waals surface area (Å²) in [6.07, 6.45) is 7.26. The van der Waals surface area contributed by atoms with E-state index in [1.165, 1.54) is 0 Å². The van der Waals surface area contributed by atoms with Gasteiger partial charge in [-0.2, -0.15) is 0 Å². The van der Waals surface area contributed by atoms with Gasteiger partial charge in [0.15, 0.2) is 0 Å². The number of imidazole rings is 1. The Bertz CT molecular complexity index is 884. The number of carbonyl (C=O) groups is 2. The van der Waals surface area contributed by atoms with E-state index in [4.69, 9.17) is 5.11 Å². The second-order valence-electron chi connectivity index (χ2n) is 7.39. The van der Waals surface area contributed by atoms with Crippen molar-refractivity contribution in [1.29, 1.82) is 0 Å². The van der Waals surface area contributed by atoms with Gasteiger partial charge in [-0.05, 0) is 31.4 Å². The number of fused-ring (bicyclic) bond motifs is 1. The van der Waals surface area contributed by atoms with Crippen LogP contribution in [0, 0.1) is 11.8 Å². The molecule has 1 aromatic heterocycles. The maximum Gasteiger partial charge on any atom is 0.303 e. The van der Waals surface area contributed by atoms with Gasteiger partial charge in [0.05, 0.1) is 17.1 Å². The Hall–Kier alpha value is -2.77. The summed E-state index contributed by atoms with van der Waals surface area (Å²) >= 11 is 0. The molecular weight excluding hydrogens is 372 g/mol. The lowest BCUT2D eigenvalue weighted by Crippen LogP contribution is -2.18. The lowest BCUT2D eigenvalue weighted by atomic mass is 9.90. The van der Waals surface area contributed by atoms with Crippen LogP contribution in [0.2, 0.25) is 0 Å². The summed E-state index contributed by atoms with van der Waals surface area (Å²) in [5.41, 5.74) is 1.58. The summed E-state index contributed by atoms with van der Waals surface area (Å²) in [6, 6.07) is 7.47. The van der Waals surface area contributed by atoms with Crippen molar-refractivity contribution < 1.29 is 24.9 Å². The number of aliphatic hydroxyl groups is 2. The molecular formula is C22H26N2O5. The molecule has 1 saturated carbocycles. The number of carboxylic acid groups (broad SMARTS) is 1. The molecule has 2 aromatic rings. The number of benzene rings is 1. The molecule has 1 aliphatic carbocycles. The van der Waals surface area contributed by atoms with Crippen LogP contribution >= 0.6 is 0 Å². The smallest absolute Gasteiger partial charge is 0.303 e. The fourth-order valence-electron chi connectivity index (χ4n) is 3.70. The van der Waals surface area contributed by atoms with Gasteiger partial charge in [0.2, 0.25) is 0 Å². The van der Waals surface area contributed by atoms with Gasteiger partial charge in [-0.3, -0.25) is 9.59 Å². The van der Waals surface area contributed by atoms with E-state index in [9.17, 15) is 19.8 Å². The molecule has 4 N–H and O–H groups in total. The number of nitrogens with one attached hydrogen (secondary N) is 1. The number of carbonyl (C=O) groups excluding carboxylic acids is 1. The Morgan fingerprint density at radius 2 is 2.10 bits per heavy atom. The van der Waals surface area contributed by atoms with E-state index in [2.05, 4.69) is 9.97 Å². The number of hydrogen-bond donors (Lipinski definition) is 4. The number of Topliss-reactive ketones (excluding diaryl/α,β-unsaturated/α-hetero) is 1. The molecule has 1 heterocycles. The van der Waals surface area contributed by atoms with Crippen LogP contribution in [-0.4, -0.2) is 43.1 Å². The number of para-hydroxylation sites is 2. The van der Waals surface area contributed by atoms with E-state index in [0.717, 1.165) is 11.0 Å². The van der Waals surface area contributed by atoms with Crippen molar-refractivity contribution in [2.24, 2.45) is 11.8 Å². The number of aliphatic hydroxyl groups excluding tert-OH is 2. The van der Waals surface area contributed by atoms with Crippen LogP contribution in [0.5, 0.6) is 0 Å². The zero-order valence-corrected chi connectivity index (χ0v) is 16.1. The second kappa shape index (κ2) is 9.62. The Labute approximate surface area is 168 Å². The van der Waals surface area contributed by atoms with Crippen LogP contribution in [0.1, 0.15) is 44.0 Å². The van der Waals surface area contributed by atoms with Crippen LogP contribution in [0.4, 0.5) is 0 Å². The number of nitrogens with zero attached hydrogens (tertiary/aromatic N) is 1. The molecule has 29 heavy (non-hydrogen) atoms. The summed E-state index contributed by atoms with van der Waals surface area (Å²) in [7, 11) is 0. The molecule has 0 bridgehead atoms. The molecule has 1 fully saturated rings. The second-order valence-corrected chi connectivity index (χ2v) is 7.39. The van der Waals surface area contributed by atoms with Crippen molar-refractivity contribution in [1.82, 2.24) is 9.97 Å². The SMILES string of the molecule is O=C(O)CCCC=CC[C@H]1[C@@H](O)CC(=O)[C@@H]1C=CC(O)c1nc2ccccc2[nH]1. The number of aromatic nitrogens is 2. The molecule has 1 aliphatic rings. The van der Waals surface area contributed by atoms with Gasteiger partial charge in [0.25, 0.3) is 0 Å². The third kappa shape index (κ3) is 5.40. The van der Waals surface area contributed by atoms with Crippen molar-refractivity contribution >= 4 is 22.8 Å². The Kier molecular flexibility index (Phi) is 6.95. The average molecular weight is 398 g/mol. The number of rotatable bonds is 9. The minimum atomic E-state index is -0.972. The largest absolute Gasteiger partial charge is 0.481 e. The van der Waals surface area contributed by atoms with Crippen LogP contribution in [-0.2, 0) is 9.59 Å². The molecule has 1 aromatic carbocycles. The first-order chi connectivity index (χ1) is 14.0. The molecule has 1 unspecified atom stereocenters. The quantitative estimate of drug-likeness (QED) is 0.380. The topological polar surface area (TPSA) is 124 Å². The van der Waals surface area contributed by atoms with Crippen molar-refractivity contribution in [3.05, 3.63) is 54.4 Å². The van der Waals surface area contributed by atoms with E-state index < -0.39 is 24.1 Å². The Balaban J connectivity index is 1.61. The maximum atomic E-state index is 12.3. The highest BCUT2D eigenvalue weighted by atomic mass is 16.4. The number of carboxylic acids is 1. The van der Waals surface area contributed by atoms with Crippen LogP contribution in [0.15, 0.2) is 48.6 Å². The minimum Gasteiger partial charge on any atom is -0.481 e. The van der Waals surface area contributed by atoms with E-state index >= 15 is 0 Å². The molecule has 3 rings (SSSR count). The number of ketones is 1. The highest BCUT2D eigenvalue weighted by Crippen LogP contribution is 2.34. The summed E-state index contributed by atoms with van der Waals surface area (Å²) in [5, 5.41) is 29.3. The number of hydrogen-bond acceptors (Lipinski definition) is 5. The predicted octanol–water partition coefficient (Wildman–Crippen LogP) is 2.92. The van der Waals surface area contributed by atoms with Gasteiger partial charge < -0.3 is 20.3 Å². The molecule has 154 valence electrons. The highest BCUT2D eigenvalue weighted by Gasteiger charge is 2.39.